The predicted octanol–water partition coefficient (Wildman–Crippen LogP) is 2.97. The van der Waals surface area contributed by atoms with Crippen molar-refractivity contribution in [1.29, 1.82) is 5.26 Å². The van der Waals surface area contributed by atoms with Gasteiger partial charge in [-0.05, 0) is 18.2 Å². The molecule has 16 heavy (non-hydrogen) atoms. The van der Waals surface area contributed by atoms with Crippen LogP contribution in [0.25, 0.3) is 11.3 Å². The molecule has 0 spiro atoms. The first kappa shape index (κ1) is 10.8. The molecule has 0 atom stereocenters. The summed E-state index contributed by atoms with van der Waals surface area (Å²) in [4.78, 5) is 8.34. The molecule has 0 fully saturated rings. The van der Waals surface area contributed by atoms with Crippen molar-refractivity contribution < 1.29 is 0 Å². The lowest BCUT2D eigenvalue weighted by Crippen LogP contribution is -1.94. The van der Waals surface area contributed by atoms with Crippen LogP contribution in [0.1, 0.15) is 5.82 Å². The molecule has 1 aromatic heterocycles. The highest BCUT2D eigenvalue weighted by atomic mass is 79.9. The molecule has 0 bridgehead atoms. The van der Waals surface area contributed by atoms with E-state index in [1.54, 1.807) is 6.20 Å². The second-order valence-electron chi connectivity index (χ2n) is 3.20. The van der Waals surface area contributed by atoms with E-state index in [1.165, 1.54) is 0 Å². The van der Waals surface area contributed by atoms with Gasteiger partial charge in [-0.2, -0.15) is 5.26 Å². The molecule has 0 amide bonds. The Morgan fingerprint density at radius 2 is 1.94 bits per heavy atom. The molecule has 78 valence electrons. The second kappa shape index (κ2) is 4.86. The number of benzene rings is 1. The van der Waals surface area contributed by atoms with E-state index in [-0.39, 0.29) is 6.42 Å². The minimum absolute atomic E-state index is 0.240. The van der Waals surface area contributed by atoms with Gasteiger partial charge >= 0.3 is 0 Å². The van der Waals surface area contributed by atoms with Crippen molar-refractivity contribution in [3.05, 3.63) is 46.8 Å². The highest BCUT2D eigenvalue weighted by Crippen LogP contribution is 2.19. The third kappa shape index (κ3) is 2.44. The van der Waals surface area contributed by atoms with Gasteiger partial charge in [-0.25, -0.2) is 9.97 Å². The Bertz CT molecular complexity index is 529. The Hall–Kier alpha value is -1.73. The van der Waals surface area contributed by atoms with E-state index in [4.69, 9.17) is 5.26 Å². The summed E-state index contributed by atoms with van der Waals surface area (Å²) in [6, 6.07) is 11.7. The Morgan fingerprint density at radius 1 is 1.19 bits per heavy atom. The smallest absolute Gasteiger partial charge is 0.142 e. The summed E-state index contributed by atoms with van der Waals surface area (Å²) in [6.07, 6.45) is 1.92. The molecule has 1 heterocycles. The molecule has 0 saturated carbocycles. The maximum atomic E-state index is 8.58. The zero-order valence-corrected chi connectivity index (χ0v) is 9.98. The molecule has 0 aliphatic rings. The predicted molar refractivity (Wildman–Crippen MR) is 64.5 cm³/mol. The van der Waals surface area contributed by atoms with Gasteiger partial charge in [0.2, 0.25) is 0 Å². The van der Waals surface area contributed by atoms with E-state index < -0.39 is 0 Å². The highest BCUT2D eigenvalue weighted by Gasteiger charge is 2.01. The van der Waals surface area contributed by atoms with E-state index >= 15 is 0 Å². The average molecular weight is 274 g/mol. The van der Waals surface area contributed by atoms with Crippen molar-refractivity contribution in [3.8, 4) is 17.3 Å². The van der Waals surface area contributed by atoms with Crippen LogP contribution in [0.15, 0.2) is 41.0 Å². The maximum absolute atomic E-state index is 8.58. The number of rotatable bonds is 2. The van der Waals surface area contributed by atoms with Gasteiger partial charge in [0.1, 0.15) is 5.82 Å². The standard InChI is InChI=1S/C12H8BrN3/c13-10-3-1-9(2-4-10)11-6-8-15-12(16-11)5-7-14/h1-4,6,8H,5H2. The fourth-order valence-electron chi connectivity index (χ4n) is 1.34. The number of halogens is 1. The molecule has 0 aliphatic carbocycles. The van der Waals surface area contributed by atoms with E-state index in [2.05, 4.69) is 25.9 Å². The molecule has 2 aromatic rings. The second-order valence-corrected chi connectivity index (χ2v) is 4.12. The quantitative estimate of drug-likeness (QED) is 0.845. The van der Waals surface area contributed by atoms with Gasteiger partial charge in [-0.15, -0.1) is 0 Å². The maximum Gasteiger partial charge on any atom is 0.142 e. The fraction of sp³-hybridized carbons (Fsp3) is 0.0833. The summed E-state index contributed by atoms with van der Waals surface area (Å²) in [5.41, 5.74) is 1.86. The van der Waals surface area contributed by atoms with Gasteiger partial charge in [0.25, 0.3) is 0 Å². The van der Waals surface area contributed by atoms with Gasteiger partial charge in [0.15, 0.2) is 0 Å². The van der Waals surface area contributed by atoms with Crippen molar-refractivity contribution in [2.45, 2.75) is 6.42 Å². The van der Waals surface area contributed by atoms with Crippen LogP contribution in [0.3, 0.4) is 0 Å². The number of hydrogen-bond acceptors (Lipinski definition) is 3. The van der Waals surface area contributed by atoms with Gasteiger partial charge in [0.05, 0.1) is 18.2 Å². The molecule has 3 nitrogen and oxygen atoms in total. The summed E-state index contributed by atoms with van der Waals surface area (Å²) in [7, 11) is 0. The SMILES string of the molecule is N#CCc1nccc(-c2ccc(Br)cc2)n1. The number of nitriles is 1. The minimum atomic E-state index is 0.240. The first-order valence-electron chi connectivity index (χ1n) is 4.74. The molecular weight excluding hydrogens is 266 g/mol. The molecular formula is C12H8BrN3. The summed E-state index contributed by atoms with van der Waals surface area (Å²) in [5.74, 6) is 0.558. The van der Waals surface area contributed by atoms with Crippen LogP contribution in [0.2, 0.25) is 0 Å². The minimum Gasteiger partial charge on any atom is -0.240 e. The third-order valence-electron chi connectivity index (χ3n) is 2.08. The van der Waals surface area contributed by atoms with Crippen LogP contribution in [0.5, 0.6) is 0 Å². The number of hydrogen-bond donors (Lipinski definition) is 0. The Kier molecular flexibility index (Phi) is 3.28. The van der Waals surface area contributed by atoms with Crippen molar-refractivity contribution in [3.63, 3.8) is 0 Å². The van der Waals surface area contributed by atoms with Crippen molar-refractivity contribution in [2.24, 2.45) is 0 Å². The molecule has 1 aromatic carbocycles. The summed E-state index contributed by atoms with van der Waals surface area (Å²) in [6.45, 7) is 0. The van der Waals surface area contributed by atoms with Crippen LogP contribution in [-0.4, -0.2) is 9.97 Å². The van der Waals surface area contributed by atoms with Crippen molar-refractivity contribution in [2.75, 3.05) is 0 Å². The Labute approximate surface area is 102 Å². The Balaban J connectivity index is 2.37. The first-order valence-corrected chi connectivity index (χ1v) is 5.54. The summed E-state index contributed by atoms with van der Waals surface area (Å²) in [5, 5.41) is 8.58. The van der Waals surface area contributed by atoms with E-state index in [9.17, 15) is 0 Å². The average Bonchev–Trinajstić information content (AvgIpc) is 2.31. The molecule has 0 N–H and O–H groups in total. The lowest BCUT2D eigenvalue weighted by atomic mass is 10.1. The molecule has 0 aliphatic heterocycles. The van der Waals surface area contributed by atoms with E-state index in [0.29, 0.717) is 5.82 Å². The normalized spacial score (nSPS) is 9.75. The molecule has 4 heteroatoms. The summed E-state index contributed by atoms with van der Waals surface area (Å²) >= 11 is 3.38. The zero-order chi connectivity index (χ0) is 11.4. The number of nitrogens with zero attached hydrogens (tertiary/aromatic N) is 3. The van der Waals surface area contributed by atoms with Crippen LogP contribution < -0.4 is 0 Å². The highest BCUT2D eigenvalue weighted by molar-refractivity contribution is 9.10. The number of aromatic nitrogens is 2. The molecule has 2 rings (SSSR count). The third-order valence-corrected chi connectivity index (χ3v) is 2.61. The van der Waals surface area contributed by atoms with Gasteiger partial charge in [-0.3, -0.25) is 0 Å². The van der Waals surface area contributed by atoms with Gasteiger partial charge in [-0.1, -0.05) is 28.1 Å². The van der Waals surface area contributed by atoms with E-state index in [1.807, 2.05) is 36.4 Å². The topological polar surface area (TPSA) is 49.6 Å². The lowest BCUT2D eigenvalue weighted by molar-refractivity contribution is 0.999. The van der Waals surface area contributed by atoms with Crippen LogP contribution >= 0.6 is 15.9 Å². The van der Waals surface area contributed by atoms with Gasteiger partial charge in [0, 0.05) is 16.2 Å². The molecule has 0 saturated heterocycles. The lowest BCUT2D eigenvalue weighted by Gasteiger charge is -2.01. The molecule has 0 radical (unpaired) electrons. The summed E-state index contributed by atoms with van der Waals surface area (Å²) < 4.78 is 1.03. The zero-order valence-electron chi connectivity index (χ0n) is 8.39. The van der Waals surface area contributed by atoms with Crippen LogP contribution in [0.4, 0.5) is 0 Å². The first-order chi connectivity index (χ1) is 7.79. The van der Waals surface area contributed by atoms with Crippen LogP contribution in [0, 0.1) is 11.3 Å². The largest absolute Gasteiger partial charge is 0.240 e. The van der Waals surface area contributed by atoms with Gasteiger partial charge < -0.3 is 0 Å². The van der Waals surface area contributed by atoms with Crippen LogP contribution in [-0.2, 0) is 6.42 Å². The van der Waals surface area contributed by atoms with Crippen molar-refractivity contribution in [1.82, 2.24) is 9.97 Å². The monoisotopic (exact) mass is 273 g/mol. The molecule has 0 unspecified atom stereocenters. The Morgan fingerprint density at radius 3 is 2.62 bits per heavy atom. The van der Waals surface area contributed by atoms with Crippen molar-refractivity contribution >= 4 is 15.9 Å². The van der Waals surface area contributed by atoms with E-state index in [0.717, 1.165) is 15.7 Å². The fourth-order valence-corrected chi connectivity index (χ4v) is 1.60.